The number of amides is 3. The van der Waals surface area contributed by atoms with Gasteiger partial charge in [0.1, 0.15) is 0 Å². The molecule has 6 nitrogen and oxygen atoms in total. The Labute approximate surface area is 101 Å². The summed E-state index contributed by atoms with van der Waals surface area (Å²) in [4.78, 5) is 33.7. The summed E-state index contributed by atoms with van der Waals surface area (Å²) in [6.07, 6.45) is 1.81. The highest BCUT2D eigenvalue weighted by molar-refractivity contribution is 5.89. The van der Waals surface area contributed by atoms with Crippen molar-refractivity contribution in [3.05, 3.63) is 0 Å². The maximum Gasteiger partial charge on any atom is 0.239 e. The van der Waals surface area contributed by atoms with Crippen molar-refractivity contribution in [2.45, 2.75) is 32.7 Å². The minimum absolute atomic E-state index is 0.0500. The number of hydrogen-bond acceptors (Lipinski definition) is 3. The van der Waals surface area contributed by atoms with Gasteiger partial charge in [0.2, 0.25) is 17.7 Å². The first kappa shape index (κ1) is 13.5. The minimum atomic E-state index is -0.349. The van der Waals surface area contributed by atoms with Gasteiger partial charge in [-0.05, 0) is 26.7 Å². The lowest BCUT2D eigenvalue weighted by molar-refractivity contribution is -0.128. The van der Waals surface area contributed by atoms with Crippen LogP contribution in [0.2, 0.25) is 0 Å². The van der Waals surface area contributed by atoms with Gasteiger partial charge in [0.15, 0.2) is 0 Å². The van der Waals surface area contributed by atoms with Crippen molar-refractivity contribution >= 4 is 17.7 Å². The van der Waals surface area contributed by atoms with Crippen LogP contribution in [0.3, 0.4) is 0 Å². The predicted molar refractivity (Wildman–Crippen MR) is 62.0 cm³/mol. The maximum atomic E-state index is 11.3. The van der Waals surface area contributed by atoms with Gasteiger partial charge in [0.25, 0.3) is 0 Å². The van der Waals surface area contributed by atoms with Crippen molar-refractivity contribution in [3.8, 4) is 0 Å². The molecule has 0 saturated heterocycles. The molecule has 3 N–H and O–H groups in total. The summed E-state index contributed by atoms with van der Waals surface area (Å²) in [6, 6.07) is 0.0500. The molecule has 1 rings (SSSR count). The molecule has 0 aromatic carbocycles. The Hall–Kier alpha value is -1.59. The Balaban J connectivity index is 2.08. The summed E-state index contributed by atoms with van der Waals surface area (Å²) in [6.45, 7) is 3.56. The fraction of sp³-hybridized carbons (Fsp3) is 0.727. The first-order valence-corrected chi connectivity index (χ1v) is 5.83. The normalized spacial score (nSPS) is 14.3. The SMILES string of the molecule is CC(C)NC(=O)CNC(=O)CNC(=O)C1CC1. The second-order valence-electron chi connectivity index (χ2n) is 4.49. The molecular weight excluding hydrogens is 222 g/mol. The third-order valence-electron chi connectivity index (χ3n) is 2.27. The topological polar surface area (TPSA) is 87.3 Å². The molecule has 0 aromatic heterocycles. The van der Waals surface area contributed by atoms with E-state index in [1.54, 1.807) is 0 Å². The van der Waals surface area contributed by atoms with Gasteiger partial charge < -0.3 is 16.0 Å². The fourth-order valence-electron chi connectivity index (χ4n) is 1.27. The van der Waals surface area contributed by atoms with Gasteiger partial charge in [0, 0.05) is 12.0 Å². The third kappa shape index (κ3) is 5.89. The second-order valence-corrected chi connectivity index (χ2v) is 4.49. The second kappa shape index (κ2) is 6.22. The first-order valence-electron chi connectivity index (χ1n) is 5.83. The molecule has 0 heterocycles. The maximum absolute atomic E-state index is 11.3. The van der Waals surface area contributed by atoms with E-state index >= 15 is 0 Å². The molecule has 1 aliphatic rings. The molecule has 3 amide bonds. The van der Waals surface area contributed by atoms with Crippen LogP contribution in [0.4, 0.5) is 0 Å². The number of nitrogens with one attached hydrogen (secondary N) is 3. The van der Waals surface area contributed by atoms with Crippen molar-refractivity contribution in [1.82, 2.24) is 16.0 Å². The van der Waals surface area contributed by atoms with Crippen molar-refractivity contribution in [1.29, 1.82) is 0 Å². The van der Waals surface area contributed by atoms with E-state index in [9.17, 15) is 14.4 Å². The molecule has 17 heavy (non-hydrogen) atoms. The highest BCUT2D eigenvalue weighted by Crippen LogP contribution is 2.28. The van der Waals surface area contributed by atoms with E-state index in [-0.39, 0.29) is 42.8 Å². The molecule has 0 bridgehead atoms. The average Bonchev–Trinajstić information content (AvgIpc) is 3.05. The molecule has 0 atom stereocenters. The number of carbonyl (C=O) groups excluding carboxylic acids is 3. The van der Waals surface area contributed by atoms with Crippen molar-refractivity contribution < 1.29 is 14.4 Å². The Kier molecular flexibility index (Phi) is 4.93. The zero-order chi connectivity index (χ0) is 12.8. The molecule has 96 valence electrons. The van der Waals surface area contributed by atoms with E-state index in [4.69, 9.17) is 0 Å². The summed E-state index contributed by atoms with van der Waals surface area (Å²) in [5.74, 6) is -0.571. The van der Waals surface area contributed by atoms with Crippen molar-refractivity contribution in [3.63, 3.8) is 0 Å². The predicted octanol–water partition coefficient (Wildman–Crippen LogP) is -0.847. The summed E-state index contributed by atoms with van der Waals surface area (Å²) >= 11 is 0. The molecule has 0 radical (unpaired) electrons. The quantitative estimate of drug-likeness (QED) is 0.566. The Bertz CT molecular complexity index is 311. The van der Waals surface area contributed by atoms with E-state index < -0.39 is 0 Å². The standard InChI is InChI=1S/C11H19N3O3/c1-7(2)14-10(16)6-12-9(15)5-13-11(17)8-3-4-8/h7-8H,3-6H2,1-2H3,(H,12,15)(H,13,17)(H,14,16). The van der Waals surface area contributed by atoms with Gasteiger partial charge in [-0.3, -0.25) is 14.4 Å². The van der Waals surface area contributed by atoms with Gasteiger partial charge in [-0.1, -0.05) is 0 Å². The lowest BCUT2D eigenvalue weighted by Crippen LogP contribution is -2.43. The number of hydrogen-bond donors (Lipinski definition) is 3. The van der Waals surface area contributed by atoms with E-state index in [1.165, 1.54) is 0 Å². The van der Waals surface area contributed by atoms with Crippen LogP contribution < -0.4 is 16.0 Å². The molecule has 0 aliphatic heterocycles. The molecule has 0 aromatic rings. The lowest BCUT2D eigenvalue weighted by atomic mass is 10.4. The third-order valence-corrected chi connectivity index (χ3v) is 2.27. The van der Waals surface area contributed by atoms with Crippen LogP contribution >= 0.6 is 0 Å². The van der Waals surface area contributed by atoms with Gasteiger partial charge in [0.05, 0.1) is 13.1 Å². The van der Waals surface area contributed by atoms with E-state index in [0.29, 0.717) is 0 Å². The van der Waals surface area contributed by atoms with Crippen molar-refractivity contribution in [2.24, 2.45) is 5.92 Å². The van der Waals surface area contributed by atoms with E-state index in [1.807, 2.05) is 13.8 Å². The van der Waals surface area contributed by atoms with Crippen LogP contribution in [0.25, 0.3) is 0 Å². The first-order chi connectivity index (χ1) is 7.99. The lowest BCUT2D eigenvalue weighted by Gasteiger charge is -2.09. The molecule has 1 fully saturated rings. The number of carbonyl (C=O) groups is 3. The van der Waals surface area contributed by atoms with Crippen LogP contribution in [0, 0.1) is 5.92 Å². The van der Waals surface area contributed by atoms with Crippen LogP contribution in [0.15, 0.2) is 0 Å². The molecule has 6 heteroatoms. The van der Waals surface area contributed by atoms with Gasteiger partial charge in [-0.25, -0.2) is 0 Å². The summed E-state index contributed by atoms with van der Waals surface area (Å²) in [5.41, 5.74) is 0. The van der Waals surface area contributed by atoms with Crippen molar-refractivity contribution in [2.75, 3.05) is 13.1 Å². The highest BCUT2D eigenvalue weighted by atomic mass is 16.2. The summed E-state index contributed by atoms with van der Waals surface area (Å²) in [5, 5.41) is 7.61. The molecule has 0 unspecified atom stereocenters. The zero-order valence-electron chi connectivity index (χ0n) is 10.2. The largest absolute Gasteiger partial charge is 0.352 e. The molecule has 0 spiro atoms. The van der Waals surface area contributed by atoms with Crippen LogP contribution in [0.5, 0.6) is 0 Å². The van der Waals surface area contributed by atoms with Crippen LogP contribution in [-0.2, 0) is 14.4 Å². The fourth-order valence-corrected chi connectivity index (χ4v) is 1.27. The van der Waals surface area contributed by atoms with E-state index in [2.05, 4.69) is 16.0 Å². The van der Waals surface area contributed by atoms with E-state index in [0.717, 1.165) is 12.8 Å². The monoisotopic (exact) mass is 241 g/mol. The zero-order valence-corrected chi connectivity index (χ0v) is 10.2. The van der Waals surface area contributed by atoms with Crippen LogP contribution in [-0.4, -0.2) is 36.9 Å². The minimum Gasteiger partial charge on any atom is -0.352 e. The molecular formula is C11H19N3O3. The Morgan fingerprint density at radius 3 is 2.18 bits per heavy atom. The average molecular weight is 241 g/mol. The summed E-state index contributed by atoms with van der Waals surface area (Å²) in [7, 11) is 0. The Morgan fingerprint density at radius 2 is 1.65 bits per heavy atom. The van der Waals surface area contributed by atoms with Gasteiger partial charge >= 0.3 is 0 Å². The summed E-state index contributed by atoms with van der Waals surface area (Å²) < 4.78 is 0. The van der Waals surface area contributed by atoms with Gasteiger partial charge in [-0.2, -0.15) is 0 Å². The number of rotatable bonds is 6. The smallest absolute Gasteiger partial charge is 0.239 e. The molecule has 1 aliphatic carbocycles. The van der Waals surface area contributed by atoms with Gasteiger partial charge in [-0.15, -0.1) is 0 Å². The highest BCUT2D eigenvalue weighted by Gasteiger charge is 2.29. The molecule has 1 saturated carbocycles. The Morgan fingerprint density at radius 1 is 1.06 bits per heavy atom. The van der Waals surface area contributed by atoms with Crippen LogP contribution in [0.1, 0.15) is 26.7 Å².